The van der Waals surface area contributed by atoms with E-state index in [-0.39, 0.29) is 28.0 Å². The zero-order valence-electron chi connectivity index (χ0n) is 17.8. The number of carbonyl (C=O) groups excluding carboxylic acids is 3. The van der Waals surface area contributed by atoms with Crippen molar-refractivity contribution < 1.29 is 32.3 Å². The van der Waals surface area contributed by atoms with Crippen LogP contribution in [-0.2, 0) is 29.1 Å². The quantitative estimate of drug-likeness (QED) is 0.587. The highest BCUT2D eigenvalue weighted by Crippen LogP contribution is 2.23. The number of anilines is 1. The smallest absolute Gasteiger partial charge is 0.340 e. The van der Waals surface area contributed by atoms with Gasteiger partial charge in [0, 0.05) is 18.1 Å². The number of amides is 1. The highest BCUT2D eigenvalue weighted by Gasteiger charge is 2.28. The van der Waals surface area contributed by atoms with Crippen LogP contribution in [0, 0.1) is 5.92 Å². The number of methoxy groups -OCH3 is 1. The number of piperidine rings is 1. The lowest BCUT2D eigenvalue weighted by Gasteiger charge is -2.30. The van der Waals surface area contributed by atoms with Gasteiger partial charge >= 0.3 is 11.9 Å². The standard InChI is InChI=1S/C22H23ClN2O7S/c1-31-21(27)15-10-12-25(13-11-15)20(26)14-32-22(28)18-4-2-3-5-19(18)24-33(29,30)17-8-6-16(23)7-9-17/h2-9,15,24H,10-14H2,1H3. The lowest BCUT2D eigenvalue weighted by molar-refractivity contribution is -0.149. The molecule has 9 nitrogen and oxygen atoms in total. The van der Waals surface area contributed by atoms with E-state index in [1.54, 1.807) is 12.1 Å². The summed E-state index contributed by atoms with van der Waals surface area (Å²) in [5.74, 6) is -1.79. The van der Waals surface area contributed by atoms with Crippen LogP contribution in [0.5, 0.6) is 0 Å². The van der Waals surface area contributed by atoms with Crippen LogP contribution in [0.3, 0.4) is 0 Å². The van der Waals surface area contributed by atoms with Gasteiger partial charge in [0.05, 0.1) is 29.2 Å². The van der Waals surface area contributed by atoms with E-state index >= 15 is 0 Å². The first-order chi connectivity index (χ1) is 15.7. The molecule has 0 saturated carbocycles. The maximum absolute atomic E-state index is 12.7. The molecule has 3 rings (SSSR count). The average molecular weight is 495 g/mol. The fraction of sp³-hybridized carbons (Fsp3) is 0.318. The number of nitrogens with zero attached hydrogens (tertiary/aromatic N) is 1. The molecule has 0 atom stereocenters. The van der Waals surface area contributed by atoms with E-state index < -0.39 is 28.5 Å². The van der Waals surface area contributed by atoms with Crippen molar-refractivity contribution in [1.82, 2.24) is 4.90 Å². The van der Waals surface area contributed by atoms with Crippen molar-refractivity contribution >= 4 is 45.2 Å². The second-order valence-electron chi connectivity index (χ2n) is 7.36. The van der Waals surface area contributed by atoms with Gasteiger partial charge in [0.2, 0.25) is 0 Å². The van der Waals surface area contributed by atoms with Crippen molar-refractivity contribution in [2.24, 2.45) is 5.92 Å². The number of benzene rings is 2. The number of halogens is 1. The number of likely N-dealkylation sites (tertiary alicyclic amines) is 1. The number of hydrogen-bond acceptors (Lipinski definition) is 7. The number of sulfonamides is 1. The molecule has 2 aromatic carbocycles. The van der Waals surface area contributed by atoms with Crippen LogP contribution in [0.15, 0.2) is 53.4 Å². The first-order valence-electron chi connectivity index (χ1n) is 10.1. The molecule has 0 aromatic heterocycles. The molecule has 0 unspecified atom stereocenters. The molecule has 0 bridgehead atoms. The maximum Gasteiger partial charge on any atom is 0.340 e. The summed E-state index contributed by atoms with van der Waals surface area (Å²) < 4.78 is 37.5. The van der Waals surface area contributed by atoms with Crippen LogP contribution in [0.25, 0.3) is 0 Å². The molecule has 176 valence electrons. The van der Waals surface area contributed by atoms with E-state index in [2.05, 4.69) is 4.72 Å². The van der Waals surface area contributed by atoms with Crippen molar-refractivity contribution in [2.75, 3.05) is 31.5 Å². The molecule has 0 spiro atoms. The third-order valence-corrected chi connectivity index (χ3v) is 6.86. The molecule has 1 amide bonds. The zero-order chi connectivity index (χ0) is 24.0. The number of hydrogen-bond donors (Lipinski definition) is 1. The van der Waals surface area contributed by atoms with E-state index in [1.807, 2.05) is 0 Å². The maximum atomic E-state index is 12.7. The Morgan fingerprint density at radius 2 is 1.70 bits per heavy atom. The highest BCUT2D eigenvalue weighted by molar-refractivity contribution is 7.92. The first-order valence-corrected chi connectivity index (χ1v) is 12.0. The monoisotopic (exact) mass is 494 g/mol. The number of carbonyl (C=O) groups is 3. The number of esters is 2. The molecular formula is C22H23ClN2O7S. The minimum absolute atomic E-state index is 0.0174. The molecule has 11 heteroatoms. The second kappa shape index (κ2) is 10.7. The lowest BCUT2D eigenvalue weighted by Crippen LogP contribution is -2.42. The molecule has 33 heavy (non-hydrogen) atoms. The van der Waals surface area contributed by atoms with E-state index in [4.69, 9.17) is 21.1 Å². The SMILES string of the molecule is COC(=O)C1CCN(C(=O)COC(=O)c2ccccc2NS(=O)(=O)c2ccc(Cl)cc2)CC1. The summed E-state index contributed by atoms with van der Waals surface area (Å²) in [5.41, 5.74) is -0.0176. The highest BCUT2D eigenvalue weighted by atomic mass is 35.5. The van der Waals surface area contributed by atoms with Crippen molar-refractivity contribution in [3.05, 3.63) is 59.1 Å². The van der Waals surface area contributed by atoms with Crippen LogP contribution in [0.1, 0.15) is 23.2 Å². The van der Waals surface area contributed by atoms with E-state index in [1.165, 1.54) is 48.4 Å². The Labute approximate surface area is 196 Å². The van der Waals surface area contributed by atoms with Gasteiger partial charge in [0.15, 0.2) is 6.61 Å². The summed E-state index contributed by atoms with van der Waals surface area (Å²) in [5, 5.41) is 0.386. The third kappa shape index (κ3) is 6.23. The van der Waals surface area contributed by atoms with Gasteiger partial charge in [-0.1, -0.05) is 23.7 Å². The molecule has 1 saturated heterocycles. The van der Waals surface area contributed by atoms with Gasteiger partial charge in [-0.3, -0.25) is 14.3 Å². The van der Waals surface area contributed by atoms with Gasteiger partial charge in [-0.15, -0.1) is 0 Å². The molecule has 2 aromatic rings. The van der Waals surface area contributed by atoms with Gasteiger partial charge in [-0.05, 0) is 49.2 Å². The Kier molecular flexibility index (Phi) is 7.93. The Morgan fingerprint density at radius 1 is 1.06 bits per heavy atom. The average Bonchev–Trinajstić information content (AvgIpc) is 2.82. The summed E-state index contributed by atoms with van der Waals surface area (Å²) in [4.78, 5) is 38.1. The van der Waals surface area contributed by atoms with Gasteiger partial charge in [0.1, 0.15) is 0 Å². The summed E-state index contributed by atoms with van der Waals surface area (Å²) in [7, 11) is -2.65. The van der Waals surface area contributed by atoms with Gasteiger partial charge in [-0.2, -0.15) is 0 Å². The lowest BCUT2D eigenvalue weighted by atomic mass is 9.97. The molecule has 1 aliphatic rings. The minimum Gasteiger partial charge on any atom is -0.469 e. The summed E-state index contributed by atoms with van der Waals surface area (Å²) in [6, 6.07) is 11.5. The van der Waals surface area contributed by atoms with Crippen LogP contribution >= 0.6 is 11.6 Å². The van der Waals surface area contributed by atoms with Crippen molar-refractivity contribution in [1.29, 1.82) is 0 Å². The normalized spacial score (nSPS) is 14.4. The topological polar surface area (TPSA) is 119 Å². The minimum atomic E-state index is -3.98. The van der Waals surface area contributed by atoms with Gasteiger partial charge in [-0.25, -0.2) is 13.2 Å². The summed E-state index contributed by atoms with van der Waals surface area (Å²) >= 11 is 5.80. The first kappa shape index (κ1) is 24.5. The van der Waals surface area contributed by atoms with Crippen LogP contribution in [0.2, 0.25) is 5.02 Å². The Balaban J connectivity index is 1.62. The zero-order valence-corrected chi connectivity index (χ0v) is 19.4. The summed E-state index contributed by atoms with van der Waals surface area (Å²) in [6.45, 7) is 0.210. The predicted molar refractivity (Wildman–Crippen MR) is 120 cm³/mol. The second-order valence-corrected chi connectivity index (χ2v) is 9.48. The predicted octanol–water partition coefficient (Wildman–Crippen LogP) is 2.71. The van der Waals surface area contributed by atoms with E-state index in [0.717, 1.165) is 0 Å². The Bertz CT molecular complexity index is 1130. The molecule has 1 heterocycles. The van der Waals surface area contributed by atoms with Crippen LogP contribution in [0.4, 0.5) is 5.69 Å². The van der Waals surface area contributed by atoms with E-state index in [9.17, 15) is 22.8 Å². The fourth-order valence-corrected chi connectivity index (χ4v) is 4.60. The Morgan fingerprint density at radius 3 is 2.33 bits per heavy atom. The number of para-hydroxylation sites is 1. The number of ether oxygens (including phenoxy) is 2. The molecular weight excluding hydrogens is 472 g/mol. The van der Waals surface area contributed by atoms with Crippen molar-refractivity contribution in [2.45, 2.75) is 17.7 Å². The summed E-state index contributed by atoms with van der Waals surface area (Å²) in [6.07, 6.45) is 0.948. The molecule has 0 aliphatic carbocycles. The largest absolute Gasteiger partial charge is 0.469 e. The van der Waals surface area contributed by atoms with E-state index in [0.29, 0.717) is 31.0 Å². The Hall–Kier alpha value is -3.11. The van der Waals surface area contributed by atoms with Crippen LogP contribution < -0.4 is 4.72 Å². The van der Waals surface area contributed by atoms with Gasteiger partial charge in [0.25, 0.3) is 15.9 Å². The number of nitrogens with one attached hydrogen (secondary N) is 1. The van der Waals surface area contributed by atoms with Gasteiger partial charge < -0.3 is 14.4 Å². The van der Waals surface area contributed by atoms with Crippen molar-refractivity contribution in [3.8, 4) is 0 Å². The van der Waals surface area contributed by atoms with Crippen LogP contribution in [-0.4, -0.2) is 58.0 Å². The molecule has 1 aliphatic heterocycles. The van der Waals surface area contributed by atoms with Crippen molar-refractivity contribution in [3.63, 3.8) is 0 Å². The third-order valence-electron chi connectivity index (χ3n) is 5.22. The fourth-order valence-electron chi connectivity index (χ4n) is 3.40. The number of rotatable bonds is 7. The molecule has 0 radical (unpaired) electrons. The molecule has 1 fully saturated rings. The molecule has 1 N–H and O–H groups in total.